The molecule has 2 amide bonds. The number of hydrogen-bond donors (Lipinski definition) is 3. The van der Waals surface area contributed by atoms with Gasteiger partial charge >= 0.3 is 18.2 Å². The highest BCUT2D eigenvalue weighted by molar-refractivity contribution is 7.21. The summed E-state index contributed by atoms with van der Waals surface area (Å²) in [5.74, 6) is 0.178. The van der Waals surface area contributed by atoms with Crippen molar-refractivity contribution >= 4 is 61.5 Å². The van der Waals surface area contributed by atoms with Gasteiger partial charge in [0, 0.05) is 29.7 Å². The maximum atomic E-state index is 12.8. The molecule has 0 saturated carbocycles. The maximum absolute atomic E-state index is 12.8. The van der Waals surface area contributed by atoms with Crippen LogP contribution in [0.25, 0.3) is 10.2 Å². The summed E-state index contributed by atoms with van der Waals surface area (Å²) < 4.78 is 44.3. The predicted molar refractivity (Wildman–Crippen MR) is 132 cm³/mol. The number of rotatable bonds is 8. The number of hydrogen-bond acceptors (Lipinski definition) is 9. The van der Waals surface area contributed by atoms with E-state index in [0.29, 0.717) is 34.3 Å². The lowest BCUT2D eigenvalue weighted by Crippen LogP contribution is -2.19. The number of ether oxygens (including phenoxy) is 1. The minimum atomic E-state index is -4.50. The van der Waals surface area contributed by atoms with Crippen LogP contribution in [0.2, 0.25) is 0 Å². The van der Waals surface area contributed by atoms with Gasteiger partial charge in [-0.25, -0.2) is 24.5 Å². The second-order valence-corrected chi connectivity index (χ2v) is 9.40. The molecular formula is C22H19F3N6O3S2. The van der Waals surface area contributed by atoms with E-state index in [1.54, 1.807) is 19.2 Å². The van der Waals surface area contributed by atoms with E-state index in [1.807, 2.05) is 0 Å². The molecule has 0 atom stereocenters. The van der Waals surface area contributed by atoms with E-state index in [0.717, 1.165) is 21.7 Å². The highest BCUT2D eigenvalue weighted by Gasteiger charge is 2.30. The molecule has 0 aliphatic rings. The third-order valence-corrected chi connectivity index (χ3v) is 6.76. The molecule has 0 radical (unpaired) electrons. The Hall–Kier alpha value is -3.78. The van der Waals surface area contributed by atoms with Gasteiger partial charge in [0.05, 0.1) is 22.4 Å². The summed E-state index contributed by atoms with van der Waals surface area (Å²) in [5, 5.41) is 8.40. The number of carbonyl (C=O) groups excluding carboxylic acids is 2. The molecule has 1 aromatic carbocycles. The van der Waals surface area contributed by atoms with Crippen LogP contribution in [0.5, 0.6) is 0 Å². The Morgan fingerprint density at radius 3 is 2.69 bits per heavy atom. The first-order valence-corrected chi connectivity index (χ1v) is 12.2. The number of aromatic nitrogens is 3. The number of alkyl halides is 3. The minimum Gasteiger partial charge on any atom is -0.462 e. The van der Waals surface area contributed by atoms with Gasteiger partial charge in [0.25, 0.3) is 0 Å². The van der Waals surface area contributed by atoms with Crippen molar-refractivity contribution in [2.45, 2.75) is 19.5 Å². The standard InChI is InChI=1S/C22H19F3N6O3S2/c1-2-34-19(32)16-9-15-17(36-16)18(29-11-28-15)26-7-6-14-10-27-21(35-14)31-20(33)30-13-5-3-4-12(8-13)22(23,24)25/h3-5,8-11H,2,6-7H2,1H3,(H,26,28,29)(H2,27,30,31,33). The van der Waals surface area contributed by atoms with Crippen LogP contribution in [0.1, 0.15) is 27.0 Å². The Morgan fingerprint density at radius 1 is 1.08 bits per heavy atom. The van der Waals surface area contributed by atoms with Crippen LogP contribution in [0, 0.1) is 0 Å². The maximum Gasteiger partial charge on any atom is 0.416 e. The van der Waals surface area contributed by atoms with Crippen LogP contribution in [-0.2, 0) is 17.3 Å². The molecule has 0 saturated heterocycles. The van der Waals surface area contributed by atoms with Crippen LogP contribution in [0.4, 0.5) is 34.6 Å². The zero-order valence-electron chi connectivity index (χ0n) is 18.7. The summed E-state index contributed by atoms with van der Waals surface area (Å²) in [4.78, 5) is 38.0. The van der Waals surface area contributed by atoms with Crippen molar-refractivity contribution in [2.75, 3.05) is 29.1 Å². The number of carbonyl (C=O) groups is 2. The molecule has 0 aliphatic carbocycles. The number of urea groups is 1. The van der Waals surface area contributed by atoms with Crippen molar-refractivity contribution in [3.63, 3.8) is 0 Å². The van der Waals surface area contributed by atoms with Crippen molar-refractivity contribution < 1.29 is 27.5 Å². The Labute approximate surface area is 210 Å². The van der Waals surface area contributed by atoms with Gasteiger partial charge in [-0.2, -0.15) is 13.2 Å². The first kappa shape index (κ1) is 25.3. The molecule has 0 unspecified atom stereocenters. The number of anilines is 3. The smallest absolute Gasteiger partial charge is 0.416 e. The number of fused-ring (bicyclic) bond motifs is 1. The molecule has 14 heteroatoms. The molecule has 3 N–H and O–H groups in total. The van der Waals surface area contributed by atoms with Gasteiger partial charge in [-0.05, 0) is 31.2 Å². The minimum absolute atomic E-state index is 0.0131. The highest BCUT2D eigenvalue weighted by Crippen LogP contribution is 2.31. The SMILES string of the molecule is CCOC(=O)c1cc2ncnc(NCCc3cnc(NC(=O)Nc4cccc(C(F)(F)F)c4)s3)c2s1. The van der Waals surface area contributed by atoms with Crippen molar-refractivity contribution in [1.82, 2.24) is 15.0 Å². The Morgan fingerprint density at radius 2 is 1.92 bits per heavy atom. The Bertz CT molecular complexity index is 1390. The van der Waals surface area contributed by atoms with E-state index in [2.05, 4.69) is 30.9 Å². The lowest BCUT2D eigenvalue weighted by Gasteiger charge is -2.09. The van der Waals surface area contributed by atoms with Crippen LogP contribution >= 0.6 is 22.7 Å². The van der Waals surface area contributed by atoms with E-state index in [1.165, 1.54) is 41.1 Å². The Kier molecular flexibility index (Phi) is 7.64. The number of esters is 1. The molecule has 0 bridgehead atoms. The first-order valence-electron chi connectivity index (χ1n) is 10.6. The molecule has 188 valence electrons. The second kappa shape index (κ2) is 10.9. The first-order chi connectivity index (χ1) is 17.2. The third kappa shape index (κ3) is 6.26. The molecule has 9 nitrogen and oxygen atoms in total. The third-order valence-electron chi connectivity index (χ3n) is 4.67. The molecule has 3 heterocycles. The zero-order chi connectivity index (χ0) is 25.7. The summed E-state index contributed by atoms with van der Waals surface area (Å²) in [5.41, 5.74) is -0.208. The van der Waals surface area contributed by atoms with Crippen molar-refractivity contribution in [1.29, 1.82) is 0 Å². The molecule has 4 aromatic rings. The lowest BCUT2D eigenvalue weighted by molar-refractivity contribution is -0.137. The molecule has 0 aliphatic heterocycles. The van der Waals surface area contributed by atoms with Crippen molar-refractivity contribution in [3.8, 4) is 0 Å². The van der Waals surface area contributed by atoms with E-state index in [-0.39, 0.29) is 12.3 Å². The van der Waals surface area contributed by atoms with E-state index in [4.69, 9.17) is 4.74 Å². The molecule has 0 spiro atoms. The number of halogens is 3. The molecule has 3 aromatic heterocycles. The number of amides is 2. The van der Waals surface area contributed by atoms with Crippen LogP contribution in [0.15, 0.2) is 42.9 Å². The normalized spacial score (nSPS) is 11.3. The van der Waals surface area contributed by atoms with Gasteiger partial charge in [0.1, 0.15) is 17.0 Å². The fourth-order valence-corrected chi connectivity index (χ4v) is 4.88. The Balaban J connectivity index is 1.31. The highest BCUT2D eigenvalue weighted by atomic mass is 32.1. The van der Waals surface area contributed by atoms with Crippen LogP contribution < -0.4 is 16.0 Å². The van der Waals surface area contributed by atoms with Gasteiger partial charge in [-0.3, -0.25) is 5.32 Å². The summed E-state index contributed by atoms with van der Waals surface area (Å²) >= 11 is 2.48. The number of benzene rings is 1. The van der Waals surface area contributed by atoms with Gasteiger partial charge < -0.3 is 15.4 Å². The number of nitrogens with zero attached hydrogens (tertiary/aromatic N) is 3. The van der Waals surface area contributed by atoms with Gasteiger partial charge in [-0.1, -0.05) is 6.07 Å². The molecular weight excluding hydrogens is 517 g/mol. The summed E-state index contributed by atoms with van der Waals surface area (Å²) in [6, 6.07) is 5.32. The second-order valence-electron chi connectivity index (χ2n) is 7.23. The summed E-state index contributed by atoms with van der Waals surface area (Å²) in [7, 11) is 0. The average Bonchev–Trinajstić information content (AvgIpc) is 3.46. The largest absolute Gasteiger partial charge is 0.462 e. The predicted octanol–water partition coefficient (Wildman–Crippen LogP) is 5.64. The number of thiophene rings is 1. The monoisotopic (exact) mass is 536 g/mol. The fourth-order valence-electron chi connectivity index (χ4n) is 3.10. The molecule has 36 heavy (non-hydrogen) atoms. The topological polar surface area (TPSA) is 118 Å². The quantitative estimate of drug-likeness (QED) is 0.249. The van der Waals surface area contributed by atoms with E-state index in [9.17, 15) is 22.8 Å². The van der Waals surface area contributed by atoms with Gasteiger partial charge in [0.2, 0.25) is 0 Å². The summed E-state index contributed by atoms with van der Waals surface area (Å²) in [6.45, 7) is 2.51. The number of nitrogens with one attached hydrogen (secondary N) is 3. The van der Waals surface area contributed by atoms with Gasteiger partial charge in [0.15, 0.2) is 5.13 Å². The van der Waals surface area contributed by atoms with Crippen molar-refractivity contribution in [3.05, 3.63) is 58.2 Å². The number of thiazole rings is 1. The molecule has 0 fully saturated rings. The lowest BCUT2D eigenvalue weighted by atomic mass is 10.2. The van der Waals surface area contributed by atoms with Crippen molar-refractivity contribution in [2.24, 2.45) is 0 Å². The molecule has 4 rings (SSSR count). The van der Waals surface area contributed by atoms with Gasteiger partial charge in [-0.15, -0.1) is 22.7 Å². The average molecular weight is 537 g/mol. The van der Waals surface area contributed by atoms with Crippen LogP contribution in [0.3, 0.4) is 0 Å². The van der Waals surface area contributed by atoms with E-state index < -0.39 is 23.7 Å². The fraction of sp³-hybridized carbons (Fsp3) is 0.227. The van der Waals surface area contributed by atoms with E-state index >= 15 is 0 Å². The summed E-state index contributed by atoms with van der Waals surface area (Å²) in [6.07, 6.45) is -0.928. The van der Waals surface area contributed by atoms with Crippen LogP contribution in [-0.4, -0.2) is 40.1 Å². The zero-order valence-corrected chi connectivity index (χ0v) is 20.3.